The lowest BCUT2D eigenvalue weighted by molar-refractivity contribution is -0.156. The molecule has 0 aromatic heterocycles. The molecule has 0 aliphatic carbocycles. The van der Waals surface area contributed by atoms with E-state index in [1.807, 2.05) is 32.0 Å². The van der Waals surface area contributed by atoms with Gasteiger partial charge in [0.05, 0.1) is 25.8 Å². The Kier molecular flexibility index (Phi) is 4.60. The number of esters is 2. The standard InChI is InChI=1S/C19H26N2O4/c1-18(16(22)24-3)13-19(2,17(23)25-4)21-11-10-20(15(18)21)12-14-8-6-5-7-9-14/h5-9,15H,10-13H2,1-4H3. The van der Waals surface area contributed by atoms with Gasteiger partial charge in [-0.2, -0.15) is 0 Å². The number of ether oxygens (including phenoxy) is 2. The average molecular weight is 346 g/mol. The Labute approximate surface area is 148 Å². The van der Waals surface area contributed by atoms with Crippen LogP contribution in [0.25, 0.3) is 0 Å². The average Bonchev–Trinajstić information content (AvgIpc) is 3.14. The summed E-state index contributed by atoms with van der Waals surface area (Å²) in [6, 6.07) is 10.2. The van der Waals surface area contributed by atoms with Crippen molar-refractivity contribution in [3.63, 3.8) is 0 Å². The Balaban J connectivity index is 1.96. The monoisotopic (exact) mass is 346 g/mol. The Bertz CT molecular complexity index is 665. The molecular formula is C19H26N2O4. The van der Waals surface area contributed by atoms with Crippen molar-refractivity contribution in [1.29, 1.82) is 0 Å². The lowest BCUT2D eigenvalue weighted by Gasteiger charge is -2.35. The van der Waals surface area contributed by atoms with Gasteiger partial charge >= 0.3 is 11.9 Å². The van der Waals surface area contributed by atoms with Gasteiger partial charge in [-0.1, -0.05) is 30.3 Å². The molecule has 2 fully saturated rings. The van der Waals surface area contributed by atoms with Crippen molar-refractivity contribution in [3.05, 3.63) is 35.9 Å². The van der Waals surface area contributed by atoms with E-state index in [4.69, 9.17) is 9.47 Å². The predicted molar refractivity (Wildman–Crippen MR) is 92.5 cm³/mol. The first kappa shape index (κ1) is 17.9. The van der Waals surface area contributed by atoms with Crippen molar-refractivity contribution in [2.45, 2.75) is 38.5 Å². The number of fused-ring (bicyclic) bond motifs is 1. The fourth-order valence-electron chi connectivity index (χ4n) is 4.65. The quantitative estimate of drug-likeness (QED) is 0.773. The molecule has 0 amide bonds. The molecule has 2 heterocycles. The molecule has 25 heavy (non-hydrogen) atoms. The highest BCUT2D eigenvalue weighted by atomic mass is 16.5. The second-order valence-corrected chi connectivity index (χ2v) is 7.37. The molecule has 3 rings (SSSR count). The molecule has 1 aromatic carbocycles. The summed E-state index contributed by atoms with van der Waals surface area (Å²) in [6.07, 6.45) is 0.194. The van der Waals surface area contributed by atoms with Gasteiger partial charge in [-0.15, -0.1) is 0 Å². The second kappa shape index (κ2) is 6.42. The number of rotatable bonds is 4. The van der Waals surface area contributed by atoms with Gasteiger partial charge in [0.15, 0.2) is 0 Å². The zero-order valence-corrected chi connectivity index (χ0v) is 15.3. The van der Waals surface area contributed by atoms with E-state index in [0.717, 1.165) is 19.6 Å². The van der Waals surface area contributed by atoms with Crippen LogP contribution in [0, 0.1) is 5.41 Å². The molecule has 0 radical (unpaired) electrons. The van der Waals surface area contributed by atoms with E-state index in [-0.39, 0.29) is 18.1 Å². The van der Waals surface area contributed by atoms with Gasteiger partial charge in [0.1, 0.15) is 5.54 Å². The Morgan fingerprint density at radius 2 is 1.72 bits per heavy atom. The third-order valence-electron chi connectivity index (χ3n) is 5.69. The molecule has 0 saturated carbocycles. The van der Waals surface area contributed by atoms with Crippen molar-refractivity contribution in [3.8, 4) is 0 Å². The van der Waals surface area contributed by atoms with Gasteiger partial charge in [0.25, 0.3) is 0 Å². The molecular weight excluding hydrogens is 320 g/mol. The molecule has 2 aliphatic heterocycles. The summed E-state index contributed by atoms with van der Waals surface area (Å²) in [5, 5.41) is 0. The third kappa shape index (κ3) is 2.73. The van der Waals surface area contributed by atoms with E-state index in [2.05, 4.69) is 21.9 Å². The first-order valence-corrected chi connectivity index (χ1v) is 8.58. The zero-order valence-electron chi connectivity index (χ0n) is 15.3. The molecule has 6 nitrogen and oxygen atoms in total. The van der Waals surface area contributed by atoms with Crippen LogP contribution in [0.5, 0.6) is 0 Å². The number of methoxy groups -OCH3 is 2. The van der Waals surface area contributed by atoms with E-state index >= 15 is 0 Å². The van der Waals surface area contributed by atoms with Gasteiger partial charge in [-0.05, 0) is 25.8 Å². The van der Waals surface area contributed by atoms with E-state index in [1.165, 1.54) is 19.8 Å². The summed E-state index contributed by atoms with van der Waals surface area (Å²) in [7, 11) is 2.80. The number of hydrogen-bond donors (Lipinski definition) is 0. The SMILES string of the molecule is COC(=O)C1(C)CC(C)(C(=O)OC)N2CCN(Cc3ccccc3)C21. The first-order chi connectivity index (χ1) is 11.9. The molecule has 0 spiro atoms. The van der Waals surface area contributed by atoms with Crippen LogP contribution in [-0.4, -0.2) is 60.8 Å². The van der Waals surface area contributed by atoms with Crippen LogP contribution in [0.2, 0.25) is 0 Å². The van der Waals surface area contributed by atoms with Crippen molar-refractivity contribution in [2.75, 3.05) is 27.3 Å². The topological polar surface area (TPSA) is 59.1 Å². The number of carbonyl (C=O) groups excluding carboxylic acids is 2. The smallest absolute Gasteiger partial charge is 0.326 e. The van der Waals surface area contributed by atoms with Gasteiger partial charge in [-0.25, -0.2) is 0 Å². The molecule has 136 valence electrons. The van der Waals surface area contributed by atoms with Gasteiger partial charge in [-0.3, -0.25) is 19.4 Å². The highest BCUT2D eigenvalue weighted by molar-refractivity contribution is 5.85. The summed E-state index contributed by atoms with van der Waals surface area (Å²) in [4.78, 5) is 29.5. The van der Waals surface area contributed by atoms with Crippen LogP contribution < -0.4 is 0 Å². The van der Waals surface area contributed by atoms with Gasteiger partial charge in [0, 0.05) is 19.6 Å². The Morgan fingerprint density at radius 3 is 2.32 bits per heavy atom. The van der Waals surface area contributed by atoms with Crippen LogP contribution >= 0.6 is 0 Å². The second-order valence-electron chi connectivity index (χ2n) is 7.37. The number of benzene rings is 1. The number of nitrogens with zero attached hydrogens (tertiary/aromatic N) is 2. The summed E-state index contributed by atoms with van der Waals surface area (Å²) < 4.78 is 10.2. The molecule has 1 aromatic rings. The maximum absolute atomic E-state index is 12.6. The lowest BCUT2D eigenvalue weighted by Crippen LogP contribution is -2.51. The minimum absolute atomic E-state index is 0.191. The van der Waals surface area contributed by atoms with Crippen LogP contribution in [0.1, 0.15) is 25.8 Å². The van der Waals surface area contributed by atoms with Crippen LogP contribution in [0.3, 0.4) is 0 Å². The summed E-state index contributed by atoms with van der Waals surface area (Å²) in [5.41, 5.74) is -0.431. The summed E-state index contributed by atoms with van der Waals surface area (Å²) in [6.45, 7) is 6.00. The molecule has 0 bridgehead atoms. The predicted octanol–water partition coefficient (Wildman–Crippen LogP) is 1.64. The minimum Gasteiger partial charge on any atom is -0.469 e. The molecule has 0 N–H and O–H groups in total. The highest BCUT2D eigenvalue weighted by Crippen LogP contribution is 2.51. The summed E-state index contributed by atoms with van der Waals surface area (Å²) in [5.74, 6) is -0.582. The summed E-state index contributed by atoms with van der Waals surface area (Å²) >= 11 is 0. The largest absolute Gasteiger partial charge is 0.469 e. The van der Waals surface area contributed by atoms with Crippen LogP contribution in [0.4, 0.5) is 0 Å². The molecule has 6 heteroatoms. The normalized spacial score (nSPS) is 32.4. The number of carbonyl (C=O) groups is 2. The molecule has 3 atom stereocenters. The molecule has 2 aliphatic rings. The van der Waals surface area contributed by atoms with Crippen molar-refractivity contribution < 1.29 is 19.1 Å². The fourth-order valence-corrected chi connectivity index (χ4v) is 4.65. The zero-order chi connectivity index (χ0) is 18.2. The van der Waals surface area contributed by atoms with E-state index in [9.17, 15) is 9.59 Å². The lowest BCUT2D eigenvalue weighted by atomic mass is 9.80. The van der Waals surface area contributed by atoms with E-state index < -0.39 is 11.0 Å². The van der Waals surface area contributed by atoms with Gasteiger partial charge in [0.2, 0.25) is 0 Å². The van der Waals surface area contributed by atoms with Crippen molar-refractivity contribution in [1.82, 2.24) is 9.80 Å². The van der Waals surface area contributed by atoms with Crippen molar-refractivity contribution >= 4 is 11.9 Å². The molecule has 2 saturated heterocycles. The minimum atomic E-state index is -0.826. The van der Waals surface area contributed by atoms with Crippen LogP contribution in [0.15, 0.2) is 30.3 Å². The Morgan fingerprint density at radius 1 is 1.08 bits per heavy atom. The highest BCUT2D eigenvalue weighted by Gasteiger charge is 2.66. The third-order valence-corrected chi connectivity index (χ3v) is 5.69. The molecule has 3 unspecified atom stereocenters. The van der Waals surface area contributed by atoms with Crippen molar-refractivity contribution in [2.24, 2.45) is 5.41 Å². The first-order valence-electron chi connectivity index (χ1n) is 8.58. The van der Waals surface area contributed by atoms with E-state index in [0.29, 0.717) is 6.42 Å². The van der Waals surface area contributed by atoms with E-state index in [1.54, 1.807) is 0 Å². The van der Waals surface area contributed by atoms with Crippen LogP contribution in [-0.2, 0) is 25.6 Å². The van der Waals surface area contributed by atoms with Gasteiger partial charge < -0.3 is 9.47 Å². The Hall–Kier alpha value is -1.92. The fraction of sp³-hybridized carbons (Fsp3) is 0.579. The maximum atomic E-state index is 12.6. The maximum Gasteiger partial charge on any atom is 0.326 e. The number of hydrogen-bond acceptors (Lipinski definition) is 6.